The maximum Gasteiger partial charge on any atom is 3.00 e. The number of pyridine rings is 1. The van der Waals surface area contributed by atoms with E-state index in [1.165, 1.54) is 28.1 Å². The molecule has 4 nitrogen and oxygen atoms in total. The topological polar surface area (TPSA) is 22.6 Å². The van der Waals surface area contributed by atoms with E-state index in [1.54, 1.807) is 6.20 Å². The second-order valence-corrected chi connectivity index (χ2v) is 9.27. The molecule has 2 aliphatic heterocycles. The summed E-state index contributed by atoms with van der Waals surface area (Å²) < 4.78 is 0. The van der Waals surface area contributed by atoms with Crippen LogP contribution in [0, 0.1) is 18.8 Å². The van der Waals surface area contributed by atoms with Gasteiger partial charge < -0.3 is 19.7 Å². The van der Waals surface area contributed by atoms with E-state index in [-0.39, 0.29) is 20.1 Å². The average Bonchev–Trinajstić information content (AvgIpc) is 3.33. The van der Waals surface area contributed by atoms with Gasteiger partial charge in [0.2, 0.25) is 0 Å². The van der Waals surface area contributed by atoms with Gasteiger partial charge in [0.05, 0.1) is 11.4 Å². The number of benzene rings is 4. The molecule has 0 fully saturated rings. The minimum atomic E-state index is 0. The van der Waals surface area contributed by atoms with Crippen LogP contribution in [0.25, 0.3) is 22.0 Å². The Morgan fingerprint density at radius 1 is 0.838 bits per heavy atom. The third kappa shape index (κ3) is 4.50. The van der Waals surface area contributed by atoms with Gasteiger partial charge in [-0.1, -0.05) is 30.3 Å². The van der Waals surface area contributed by atoms with Crippen molar-refractivity contribution in [2.45, 2.75) is 19.9 Å². The zero-order valence-electron chi connectivity index (χ0n) is 21.0. The fraction of sp³-hybridized carbons (Fsp3) is 0.125. The van der Waals surface area contributed by atoms with E-state index >= 15 is 0 Å². The van der Waals surface area contributed by atoms with Crippen molar-refractivity contribution >= 4 is 39.2 Å². The second-order valence-electron chi connectivity index (χ2n) is 9.27. The Kier molecular flexibility index (Phi) is 7.01. The minimum Gasteiger partial charge on any atom is -0.499 e. The Bertz CT molecular complexity index is 1480. The molecule has 0 unspecified atom stereocenters. The molecule has 0 bridgehead atoms. The number of anilines is 5. The summed E-state index contributed by atoms with van der Waals surface area (Å²) in [7, 11) is 2.15. The molecule has 1 aromatic heterocycles. The van der Waals surface area contributed by atoms with E-state index in [0.717, 1.165) is 22.3 Å². The molecule has 184 valence electrons. The van der Waals surface area contributed by atoms with Gasteiger partial charge in [-0.25, -0.2) is 0 Å². The zero-order valence-corrected chi connectivity index (χ0v) is 23.4. The number of fused-ring (bicyclic) bond motifs is 3. The molecule has 0 N–H and O–H groups in total. The first-order valence-electron chi connectivity index (χ1n) is 12.2. The van der Waals surface area contributed by atoms with E-state index in [9.17, 15) is 0 Å². The van der Waals surface area contributed by atoms with Gasteiger partial charge in [0.15, 0.2) is 0 Å². The van der Waals surface area contributed by atoms with Gasteiger partial charge >= 0.3 is 20.1 Å². The summed E-state index contributed by atoms with van der Waals surface area (Å²) in [5, 5.41) is 2.38. The zero-order chi connectivity index (χ0) is 24.6. The third-order valence-electron chi connectivity index (χ3n) is 6.67. The monoisotopic (exact) mass is 660 g/mol. The van der Waals surface area contributed by atoms with Gasteiger partial charge in [-0.15, -0.1) is 70.9 Å². The van der Waals surface area contributed by atoms with Crippen molar-refractivity contribution in [3.05, 3.63) is 116 Å². The quantitative estimate of drug-likeness (QED) is 0.181. The first-order chi connectivity index (χ1) is 17.6. The number of nitrogens with zero attached hydrogens (tertiary/aromatic N) is 4. The fourth-order valence-corrected chi connectivity index (χ4v) is 4.86. The Morgan fingerprint density at radius 3 is 2.38 bits per heavy atom. The first-order valence-corrected chi connectivity index (χ1v) is 12.2. The Labute approximate surface area is 232 Å². The molecule has 0 spiro atoms. The van der Waals surface area contributed by atoms with E-state index in [0.29, 0.717) is 6.04 Å². The van der Waals surface area contributed by atoms with Crippen LogP contribution in [0.4, 0.5) is 28.4 Å². The summed E-state index contributed by atoms with van der Waals surface area (Å²) in [6.45, 7) is 6.67. The average molecular weight is 660 g/mol. The molecule has 37 heavy (non-hydrogen) atoms. The van der Waals surface area contributed by atoms with Gasteiger partial charge in [0.25, 0.3) is 0 Å². The number of para-hydroxylation sites is 1. The van der Waals surface area contributed by atoms with Crippen molar-refractivity contribution in [2.75, 3.05) is 21.7 Å². The van der Waals surface area contributed by atoms with E-state index in [4.69, 9.17) is 0 Å². The van der Waals surface area contributed by atoms with Crippen molar-refractivity contribution in [1.29, 1.82) is 0 Å². The van der Waals surface area contributed by atoms with Crippen LogP contribution in [0.15, 0.2) is 97.2 Å². The number of aromatic nitrogens is 1. The number of hydrogen-bond donors (Lipinski definition) is 0. The van der Waals surface area contributed by atoms with Crippen LogP contribution < -0.4 is 14.7 Å². The molecule has 0 amide bonds. The maximum atomic E-state index is 4.22. The van der Waals surface area contributed by atoms with Gasteiger partial charge in [0, 0.05) is 18.9 Å². The molecule has 4 aromatic carbocycles. The summed E-state index contributed by atoms with van der Waals surface area (Å²) in [6, 6.07) is 38.1. The van der Waals surface area contributed by atoms with Crippen molar-refractivity contribution < 1.29 is 20.1 Å². The second kappa shape index (κ2) is 10.4. The first kappa shape index (κ1) is 25.0. The SMILES string of the molecule is CC(C)N1[CH-]N2c3[c-]c4ccccc4cc3N(C)c3cccc1c32.[Ir+3].[c-]1ccccc1-c1ccccn1. The molecule has 0 saturated heterocycles. The Hall–Kier alpha value is -3.66. The predicted molar refractivity (Wildman–Crippen MR) is 150 cm³/mol. The van der Waals surface area contributed by atoms with E-state index < -0.39 is 0 Å². The Morgan fingerprint density at radius 2 is 1.62 bits per heavy atom. The van der Waals surface area contributed by atoms with Crippen LogP contribution in [0.3, 0.4) is 0 Å². The van der Waals surface area contributed by atoms with Crippen LogP contribution in [0.2, 0.25) is 0 Å². The molecule has 0 atom stereocenters. The molecular formula is C32H27IrN4. The number of hydrogen-bond acceptors (Lipinski definition) is 4. The van der Waals surface area contributed by atoms with Gasteiger partial charge in [-0.2, -0.15) is 6.67 Å². The normalized spacial score (nSPS) is 13.0. The van der Waals surface area contributed by atoms with Crippen molar-refractivity contribution in [3.63, 3.8) is 0 Å². The fourth-order valence-electron chi connectivity index (χ4n) is 4.86. The molecule has 3 heterocycles. The third-order valence-corrected chi connectivity index (χ3v) is 6.67. The molecule has 0 radical (unpaired) electrons. The van der Waals surface area contributed by atoms with Crippen LogP contribution in [0.1, 0.15) is 13.8 Å². The molecule has 5 aromatic rings. The van der Waals surface area contributed by atoms with Gasteiger partial charge in [-0.3, -0.25) is 0 Å². The van der Waals surface area contributed by atoms with Crippen LogP contribution in [0.5, 0.6) is 0 Å². The summed E-state index contributed by atoms with van der Waals surface area (Å²) in [5.74, 6) is 0. The molecule has 2 aliphatic rings. The van der Waals surface area contributed by atoms with Crippen LogP contribution in [-0.2, 0) is 20.1 Å². The molecule has 7 rings (SSSR count). The smallest absolute Gasteiger partial charge is 0.499 e. The van der Waals surface area contributed by atoms with Gasteiger partial charge in [-0.05, 0) is 55.2 Å². The summed E-state index contributed by atoms with van der Waals surface area (Å²) in [6.07, 6.45) is 1.79. The largest absolute Gasteiger partial charge is 3.00 e. The summed E-state index contributed by atoms with van der Waals surface area (Å²) in [4.78, 5) is 11.1. The van der Waals surface area contributed by atoms with Crippen LogP contribution in [-0.4, -0.2) is 18.1 Å². The van der Waals surface area contributed by atoms with E-state index in [1.807, 2.05) is 42.5 Å². The molecule has 5 heteroatoms. The number of rotatable bonds is 2. The molecule has 0 saturated carbocycles. The predicted octanol–water partition coefficient (Wildman–Crippen LogP) is 7.75. The van der Waals surface area contributed by atoms with Crippen molar-refractivity contribution in [1.82, 2.24) is 4.98 Å². The van der Waals surface area contributed by atoms with Crippen molar-refractivity contribution in [3.8, 4) is 11.3 Å². The van der Waals surface area contributed by atoms with Crippen molar-refractivity contribution in [2.24, 2.45) is 0 Å². The molecular weight excluding hydrogens is 633 g/mol. The maximum absolute atomic E-state index is 4.22. The van der Waals surface area contributed by atoms with Crippen LogP contribution >= 0.6 is 0 Å². The standard InChI is InChI=1S/C21H19N3.C11H8N.Ir/c1-14(2)23-13-24-20-12-16-8-5-4-7-15(16)11-19(20)22(3)17-9-6-10-18(23)21(17)24;1-2-6-10(7-3-1)11-8-4-5-9-12-11;/h4-11,13-14H,1-3H3;1-6,8-9H;/q-2;-1;+3. The summed E-state index contributed by atoms with van der Waals surface area (Å²) in [5.41, 5.74) is 8.09. The minimum absolute atomic E-state index is 0. The Balaban J connectivity index is 0.000000183. The van der Waals surface area contributed by atoms with E-state index in [2.05, 4.69) is 108 Å². The molecule has 0 aliphatic carbocycles. The van der Waals surface area contributed by atoms with Gasteiger partial charge in [0.1, 0.15) is 0 Å². The summed E-state index contributed by atoms with van der Waals surface area (Å²) >= 11 is 0.